The van der Waals surface area contributed by atoms with Crippen LogP contribution in [-0.4, -0.2) is 11.8 Å². The van der Waals surface area contributed by atoms with Gasteiger partial charge in [0.05, 0.1) is 5.56 Å². The van der Waals surface area contributed by atoms with Gasteiger partial charge in [-0.05, 0) is 12.1 Å². The third kappa shape index (κ3) is 1.80. The Morgan fingerprint density at radius 2 is 1.69 bits per heavy atom. The topological polar surface area (TPSA) is 20.2 Å². The highest BCUT2D eigenvalue weighted by molar-refractivity contribution is 5.23. The molecule has 0 bridgehead atoms. The van der Waals surface area contributed by atoms with Gasteiger partial charge in [0.1, 0.15) is 18.6 Å². The van der Waals surface area contributed by atoms with E-state index in [2.05, 4.69) is 0 Å². The van der Waals surface area contributed by atoms with Crippen molar-refractivity contribution < 1.29 is 22.7 Å². The van der Waals surface area contributed by atoms with Crippen molar-refractivity contribution in [2.45, 2.75) is 6.10 Å². The van der Waals surface area contributed by atoms with Crippen molar-refractivity contribution in [1.29, 1.82) is 0 Å². The molecule has 1 N–H and O–H groups in total. The molecular weight excluding hydrogens is 188 g/mol. The van der Waals surface area contributed by atoms with Gasteiger partial charge < -0.3 is 5.11 Å². The highest BCUT2D eigenvalue weighted by Crippen LogP contribution is 2.22. The second kappa shape index (κ2) is 3.74. The number of hydrogen-bond acceptors (Lipinski definition) is 1. The van der Waals surface area contributed by atoms with Gasteiger partial charge in [-0.3, -0.25) is 0 Å². The first kappa shape index (κ1) is 9.98. The van der Waals surface area contributed by atoms with Crippen molar-refractivity contribution in [2.75, 3.05) is 6.67 Å². The van der Waals surface area contributed by atoms with Gasteiger partial charge in [0, 0.05) is 0 Å². The number of rotatable bonds is 2. The fourth-order valence-corrected chi connectivity index (χ4v) is 0.925. The van der Waals surface area contributed by atoms with E-state index in [9.17, 15) is 17.6 Å². The maximum absolute atomic E-state index is 12.8. The highest BCUT2D eigenvalue weighted by Gasteiger charge is 2.20. The van der Waals surface area contributed by atoms with E-state index < -0.39 is 35.8 Å². The molecule has 1 nitrogen and oxygen atoms in total. The monoisotopic (exact) mass is 194 g/mol. The number of aliphatic hydroxyl groups is 1. The molecule has 13 heavy (non-hydrogen) atoms. The fraction of sp³-hybridized carbons (Fsp3) is 0.250. The maximum Gasteiger partial charge on any atom is 0.167 e. The van der Waals surface area contributed by atoms with E-state index in [1.165, 1.54) is 0 Å². The largest absolute Gasteiger partial charge is 0.385 e. The molecule has 72 valence electrons. The third-order valence-electron chi connectivity index (χ3n) is 1.56. The molecule has 0 amide bonds. The lowest BCUT2D eigenvalue weighted by molar-refractivity contribution is 0.132. The minimum Gasteiger partial charge on any atom is -0.385 e. The highest BCUT2D eigenvalue weighted by atomic mass is 19.2. The van der Waals surface area contributed by atoms with Crippen LogP contribution in [0.2, 0.25) is 0 Å². The zero-order valence-electron chi connectivity index (χ0n) is 6.40. The predicted molar refractivity (Wildman–Crippen MR) is 37.3 cm³/mol. The molecule has 1 atom stereocenters. The molecule has 1 aromatic rings. The van der Waals surface area contributed by atoms with Gasteiger partial charge in [0.15, 0.2) is 11.6 Å². The van der Waals surface area contributed by atoms with Crippen LogP contribution in [0.4, 0.5) is 17.6 Å². The average Bonchev–Trinajstić information content (AvgIpc) is 2.12. The summed E-state index contributed by atoms with van der Waals surface area (Å²) in [7, 11) is 0. The number of halogens is 4. The zero-order chi connectivity index (χ0) is 10.0. The summed E-state index contributed by atoms with van der Waals surface area (Å²) >= 11 is 0. The Balaban J connectivity index is 3.25. The summed E-state index contributed by atoms with van der Waals surface area (Å²) in [6.07, 6.45) is -1.96. The Labute approximate surface area is 71.6 Å². The van der Waals surface area contributed by atoms with Gasteiger partial charge in [0.25, 0.3) is 0 Å². The van der Waals surface area contributed by atoms with Gasteiger partial charge in [-0.1, -0.05) is 0 Å². The summed E-state index contributed by atoms with van der Waals surface area (Å²) in [6.45, 7) is -1.36. The van der Waals surface area contributed by atoms with Gasteiger partial charge in [-0.25, -0.2) is 17.6 Å². The van der Waals surface area contributed by atoms with E-state index >= 15 is 0 Å². The van der Waals surface area contributed by atoms with Crippen molar-refractivity contribution in [3.05, 3.63) is 35.1 Å². The molecule has 1 unspecified atom stereocenters. The quantitative estimate of drug-likeness (QED) is 0.564. The van der Waals surface area contributed by atoms with Crippen molar-refractivity contribution in [1.82, 2.24) is 0 Å². The van der Waals surface area contributed by atoms with Crippen LogP contribution in [0.1, 0.15) is 11.7 Å². The summed E-state index contributed by atoms with van der Waals surface area (Å²) in [5.74, 6) is -4.03. The Hall–Kier alpha value is -1.10. The van der Waals surface area contributed by atoms with Crippen molar-refractivity contribution in [3.8, 4) is 0 Å². The Morgan fingerprint density at radius 1 is 1.15 bits per heavy atom. The van der Waals surface area contributed by atoms with Crippen molar-refractivity contribution >= 4 is 0 Å². The standard InChI is InChI=1S/C8H6F4O/c9-3-6(13)7-4(10)1-2-5(11)8(7)12/h1-2,6,13H,3H2. The summed E-state index contributed by atoms with van der Waals surface area (Å²) < 4.78 is 49.8. The smallest absolute Gasteiger partial charge is 0.167 e. The van der Waals surface area contributed by atoms with Crippen molar-refractivity contribution in [2.24, 2.45) is 0 Å². The van der Waals surface area contributed by atoms with Gasteiger partial charge in [-0.15, -0.1) is 0 Å². The minimum atomic E-state index is -1.96. The first-order valence-corrected chi connectivity index (χ1v) is 3.45. The lowest BCUT2D eigenvalue weighted by Crippen LogP contribution is -2.07. The number of benzene rings is 1. The van der Waals surface area contributed by atoms with Crippen LogP contribution in [0.15, 0.2) is 12.1 Å². The summed E-state index contributed by atoms with van der Waals surface area (Å²) in [6, 6.07) is 1.20. The van der Waals surface area contributed by atoms with E-state index in [1.54, 1.807) is 0 Å². The summed E-state index contributed by atoms with van der Waals surface area (Å²) in [5, 5.41) is 8.79. The molecule has 0 aliphatic heterocycles. The average molecular weight is 194 g/mol. The van der Waals surface area contributed by atoms with E-state index in [0.717, 1.165) is 0 Å². The molecule has 0 saturated carbocycles. The van der Waals surface area contributed by atoms with Crippen LogP contribution in [0, 0.1) is 17.5 Å². The molecule has 0 aliphatic rings. The molecule has 5 heteroatoms. The normalized spacial score (nSPS) is 13.0. The molecule has 0 aromatic heterocycles. The number of aliphatic hydroxyl groups excluding tert-OH is 1. The second-order valence-corrected chi connectivity index (χ2v) is 2.43. The first-order chi connectivity index (χ1) is 6.07. The van der Waals surface area contributed by atoms with Gasteiger partial charge in [-0.2, -0.15) is 0 Å². The molecule has 0 radical (unpaired) electrons. The lowest BCUT2D eigenvalue weighted by Gasteiger charge is -2.08. The maximum atomic E-state index is 12.8. The van der Waals surface area contributed by atoms with Crippen LogP contribution in [0.3, 0.4) is 0 Å². The molecule has 0 heterocycles. The Bertz CT molecular complexity index is 313. The van der Waals surface area contributed by atoms with E-state index in [-0.39, 0.29) is 0 Å². The van der Waals surface area contributed by atoms with Crippen LogP contribution >= 0.6 is 0 Å². The van der Waals surface area contributed by atoms with Crippen LogP contribution < -0.4 is 0 Å². The molecule has 0 aliphatic carbocycles. The van der Waals surface area contributed by atoms with Crippen molar-refractivity contribution in [3.63, 3.8) is 0 Å². The lowest BCUT2D eigenvalue weighted by atomic mass is 10.1. The van der Waals surface area contributed by atoms with E-state index in [4.69, 9.17) is 5.11 Å². The van der Waals surface area contributed by atoms with Crippen LogP contribution in [0.5, 0.6) is 0 Å². The Morgan fingerprint density at radius 3 is 2.23 bits per heavy atom. The first-order valence-electron chi connectivity index (χ1n) is 3.45. The predicted octanol–water partition coefficient (Wildman–Crippen LogP) is 2.11. The Kier molecular flexibility index (Phi) is 2.87. The zero-order valence-corrected chi connectivity index (χ0v) is 6.40. The molecule has 1 rings (SSSR count). The SMILES string of the molecule is OC(CF)c1c(F)ccc(F)c1F. The van der Waals surface area contributed by atoms with Crippen LogP contribution in [0.25, 0.3) is 0 Å². The molecular formula is C8H6F4O. The number of hydrogen-bond donors (Lipinski definition) is 1. The van der Waals surface area contributed by atoms with Crippen LogP contribution in [-0.2, 0) is 0 Å². The van der Waals surface area contributed by atoms with E-state index in [1.807, 2.05) is 0 Å². The summed E-state index contributed by atoms with van der Waals surface area (Å²) in [4.78, 5) is 0. The van der Waals surface area contributed by atoms with Gasteiger partial charge in [0.2, 0.25) is 0 Å². The second-order valence-electron chi connectivity index (χ2n) is 2.43. The number of alkyl halides is 1. The fourth-order valence-electron chi connectivity index (χ4n) is 0.925. The minimum absolute atomic E-state index is 0.569. The van der Waals surface area contributed by atoms with Gasteiger partial charge >= 0.3 is 0 Å². The molecule has 1 aromatic carbocycles. The third-order valence-corrected chi connectivity index (χ3v) is 1.56. The molecule has 0 saturated heterocycles. The molecule has 0 fully saturated rings. The summed E-state index contributed by atoms with van der Waals surface area (Å²) in [5.41, 5.74) is -0.970. The van der Waals surface area contributed by atoms with E-state index in [0.29, 0.717) is 12.1 Å². The molecule has 0 spiro atoms.